The monoisotopic (exact) mass is 376 g/mol. The van der Waals surface area contributed by atoms with Crippen molar-refractivity contribution in [1.29, 1.82) is 0 Å². The highest BCUT2D eigenvalue weighted by molar-refractivity contribution is 7.87. The van der Waals surface area contributed by atoms with Crippen molar-refractivity contribution in [3.05, 3.63) is 29.3 Å². The van der Waals surface area contributed by atoms with Gasteiger partial charge in [0.25, 0.3) is 16.1 Å². The van der Waals surface area contributed by atoms with E-state index in [4.69, 9.17) is 16.8 Å². The standard InChI is InChI=1S/C14H21ClN4O4S/c1-2-13(14(20)16-21)17-24(22,23)19-9-7-18(8-10-19)12-5-3-11(15)4-6-12/h3-6,13,17,21H,2,7-10H2,1H3,(H,16,20)/t13-/m0/s1. The molecule has 0 radical (unpaired) electrons. The van der Waals surface area contributed by atoms with Gasteiger partial charge in [0, 0.05) is 36.9 Å². The summed E-state index contributed by atoms with van der Waals surface area (Å²) in [6.45, 7) is 3.32. The maximum Gasteiger partial charge on any atom is 0.280 e. The molecular formula is C14H21ClN4O4S. The lowest BCUT2D eigenvalue weighted by molar-refractivity contribution is -0.131. The summed E-state index contributed by atoms with van der Waals surface area (Å²) in [6, 6.07) is 6.36. The Morgan fingerprint density at radius 2 is 1.83 bits per heavy atom. The smallest absolute Gasteiger partial charge is 0.280 e. The Balaban J connectivity index is 1.97. The fourth-order valence-corrected chi connectivity index (χ4v) is 4.05. The summed E-state index contributed by atoms with van der Waals surface area (Å²) in [7, 11) is -3.80. The zero-order valence-corrected chi connectivity index (χ0v) is 14.8. The molecule has 0 unspecified atom stereocenters. The van der Waals surface area contributed by atoms with Gasteiger partial charge >= 0.3 is 0 Å². The van der Waals surface area contributed by atoms with Gasteiger partial charge in [-0.2, -0.15) is 17.4 Å². The van der Waals surface area contributed by atoms with Crippen LogP contribution in [-0.4, -0.2) is 56.1 Å². The number of nitrogens with one attached hydrogen (secondary N) is 2. The highest BCUT2D eigenvalue weighted by Gasteiger charge is 2.30. The summed E-state index contributed by atoms with van der Waals surface area (Å²) in [5, 5.41) is 9.31. The van der Waals surface area contributed by atoms with E-state index in [0.717, 1.165) is 5.69 Å². The van der Waals surface area contributed by atoms with E-state index in [9.17, 15) is 13.2 Å². The van der Waals surface area contributed by atoms with Crippen molar-refractivity contribution < 1.29 is 18.4 Å². The minimum absolute atomic E-state index is 0.233. The maximum absolute atomic E-state index is 12.4. The molecule has 1 heterocycles. The zero-order valence-electron chi connectivity index (χ0n) is 13.3. The fourth-order valence-electron chi connectivity index (χ4n) is 2.49. The summed E-state index contributed by atoms with van der Waals surface area (Å²) in [4.78, 5) is 13.5. The molecule has 8 nitrogen and oxygen atoms in total. The molecule has 1 saturated heterocycles. The number of halogens is 1. The number of rotatable bonds is 6. The highest BCUT2D eigenvalue weighted by Crippen LogP contribution is 2.20. The number of carbonyl (C=O) groups excluding carboxylic acids is 1. The van der Waals surface area contributed by atoms with Crippen LogP contribution in [0.2, 0.25) is 5.02 Å². The molecule has 0 aliphatic carbocycles. The third-order valence-electron chi connectivity index (χ3n) is 3.90. The van der Waals surface area contributed by atoms with Crippen LogP contribution >= 0.6 is 11.6 Å². The van der Waals surface area contributed by atoms with Crippen LogP contribution in [0.25, 0.3) is 0 Å². The van der Waals surface area contributed by atoms with E-state index in [1.165, 1.54) is 9.79 Å². The van der Waals surface area contributed by atoms with Crippen molar-refractivity contribution in [2.75, 3.05) is 31.1 Å². The average Bonchev–Trinajstić information content (AvgIpc) is 2.60. The molecule has 0 saturated carbocycles. The zero-order chi connectivity index (χ0) is 17.7. The van der Waals surface area contributed by atoms with Gasteiger partial charge in [0.05, 0.1) is 0 Å². The number of hydroxylamine groups is 1. The Kier molecular flexibility index (Phi) is 6.41. The lowest BCUT2D eigenvalue weighted by Crippen LogP contribution is -2.55. The van der Waals surface area contributed by atoms with Crippen LogP contribution in [0.1, 0.15) is 13.3 Å². The maximum atomic E-state index is 12.4. The number of nitrogens with zero attached hydrogens (tertiary/aromatic N) is 2. The summed E-state index contributed by atoms with van der Waals surface area (Å²) in [5.41, 5.74) is 2.45. The number of hydrogen-bond acceptors (Lipinski definition) is 5. The predicted molar refractivity (Wildman–Crippen MR) is 91.3 cm³/mol. The molecule has 0 bridgehead atoms. The Bertz CT molecular complexity index is 660. The van der Waals surface area contributed by atoms with E-state index in [1.54, 1.807) is 19.1 Å². The van der Waals surface area contributed by atoms with Gasteiger partial charge in [-0.3, -0.25) is 10.0 Å². The van der Waals surface area contributed by atoms with Gasteiger partial charge in [-0.1, -0.05) is 18.5 Å². The average molecular weight is 377 g/mol. The molecular weight excluding hydrogens is 356 g/mol. The van der Waals surface area contributed by atoms with Gasteiger partial charge in [0.15, 0.2) is 0 Å². The number of piperazine rings is 1. The van der Waals surface area contributed by atoms with Gasteiger partial charge in [0.2, 0.25) is 0 Å². The molecule has 3 N–H and O–H groups in total. The molecule has 0 spiro atoms. The van der Waals surface area contributed by atoms with Crippen molar-refractivity contribution in [2.45, 2.75) is 19.4 Å². The van der Waals surface area contributed by atoms with Gasteiger partial charge in [-0.25, -0.2) is 5.48 Å². The van der Waals surface area contributed by atoms with Crippen molar-refractivity contribution >= 4 is 33.4 Å². The van der Waals surface area contributed by atoms with Crippen molar-refractivity contribution in [2.24, 2.45) is 0 Å². The largest absolute Gasteiger partial charge is 0.369 e. The van der Waals surface area contributed by atoms with Crippen LogP contribution in [-0.2, 0) is 15.0 Å². The fraction of sp³-hybridized carbons (Fsp3) is 0.500. The first-order valence-corrected chi connectivity index (χ1v) is 9.41. The van der Waals surface area contributed by atoms with Gasteiger partial charge in [0.1, 0.15) is 6.04 Å². The van der Waals surface area contributed by atoms with Crippen molar-refractivity contribution in [3.63, 3.8) is 0 Å². The lowest BCUT2D eigenvalue weighted by atomic mass is 10.2. The molecule has 1 atom stereocenters. The molecule has 10 heteroatoms. The van der Waals surface area contributed by atoms with Gasteiger partial charge < -0.3 is 4.90 Å². The minimum Gasteiger partial charge on any atom is -0.369 e. The third kappa shape index (κ3) is 4.58. The second-order valence-electron chi connectivity index (χ2n) is 5.42. The number of amides is 1. The third-order valence-corrected chi connectivity index (χ3v) is 5.78. The Morgan fingerprint density at radius 3 is 2.33 bits per heavy atom. The van der Waals surface area contributed by atoms with Gasteiger partial charge in [-0.05, 0) is 30.7 Å². The van der Waals surface area contributed by atoms with Crippen LogP contribution in [0.4, 0.5) is 5.69 Å². The molecule has 1 aromatic rings. The molecule has 1 amide bonds. The lowest BCUT2D eigenvalue weighted by Gasteiger charge is -2.35. The Labute approximate surface area is 146 Å². The molecule has 1 aliphatic heterocycles. The number of anilines is 1. The predicted octanol–water partition coefficient (Wildman–Crippen LogP) is 0.580. The molecule has 134 valence electrons. The first-order valence-electron chi connectivity index (χ1n) is 7.59. The van der Waals surface area contributed by atoms with Crippen LogP contribution in [0.15, 0.2) is 24.3 Å². The quantitative estimate of drug-likeness (QED) is 0.498. The van der Waals surface area contributed by atoms with Crippen LogP contribution < -0.4 is 15.1 Å². The molecule has 1 aliphatic rings. The SMILES string of the molecule is CC[C@H](NS(=O)(=O)N1CCN(c2ccc(Cl)cc2)CC1)C(=O)NO. The van der Waals surface area contributed by atoms with E-state index in [-0.39, 0.29) is 6.42 Å². The number of hydrogen-bond donors (Lipinski definition) is 3. The summed E-state index contributed by atoms with van der Waals surface area (Å²) in [6.07, 6.45) is 0.233. The van der Waals surface area contributed by atoms with Crippen molar-refractivity contribution in [3.8, 4) is 0 Å². The van der Waals surface area contributed by atoms with Crippen LogP contribution in [0, 0.1) is 0 Å². The minimum atomic E-state index is -3.80. The van der Waals surface area contributed by atoms with Crippen molar-refractivity contribution in [1.82, 2.24) is 14.5 Å². The van der Waals surface area contributed by atoms with E-state index in [2.05, 4.69) is 9.62 Å². The van der Waals surface area contributed by atoms with Crippen LogP contribution in [0.3, 0.4) is 0 Å². The van der Waals surface area contributed by atoms with E-state index >= 15 is 0 Å². The summed E-state index contributed by atoms with van der Waals surface area (Å²) < 4.78 is 28.4. The van der Waals surface area contributed by atoms with Crippen LogP contribution in [0.5, 0.6) is 0 Å². The topological polar surface area (TPSA) is 102 Å². The van der Waals surface area contributed by atoms with Gasteiger partial charge in [-0.15, -0.1) is 0 Å². The highest BCUT2D eigenvalue weighted by atomic mass is 35.5. The second-order valence-corrected chi connectivity index (χ2v) is 7.56. The Hall–Kier alpha value is -1.39. The van der Waals surface area contributed by atoms with E-state index in [1.807, 2.05) is 12.1 Å². The normalized spacial score (nSPS) is 17.5. The van der Waals surface area contributed by atoms with E-state index in [0.29, 0.717) is 31.2 Å². The van der Waals surface area contributed by atoms with E-state index < -0.39 is 22.2 Å². The molecule has 1 aromatic carbocycles. The molecule has 1 fully saturated rings. The summed E-state index contributed by atoms with van der Waals surface area (Å²) >= 11 is 5.87. The molecule has 0 aromatic heterocycles. The summed E-state index contributed by atoms with van der Waals surface area (Å²) in [5.74, 6) is -0.777. The molecule has 2 rings (SSSR count). The molecule has 24 heavy (non-hydrogen) atoms. The first kappa shape index (κ1) is 18.9. The first-order chi connectivity index (χ1) is 11.4. The number of carbonyl (C=O) groups is 1. The second kappa shape index (κ2) is 8.13. The number of benzene rings is 1. The Morgan fingerprint density at radius 1 is 1.25 bits per heavy atom.